The first-order valence-corrected chi connectivity index (χ1v) is 15.9. The van der Waals surface area contributed by atoms with Crippen molar-refractivity contribution < 1.29 is 13.9 Å². The van der Waals surface area contributed by atoms with Gasteiger partial charge < -0.3 is 14.5 Å². The molecule has 9 nitrogen and oxygen atoms in total. The van der Waals surface area contributed by atoms with Crippen LogP contribution in [0.4, 0.5) is 10.2 Å². The third-order valence-electron chi connectivity index (χ3n) is 8.79. The van der Waals surface area contributed by atoms with Gasteiger partial charge in [0.2, 0.25) is 5.91 Å². The lowest BCUT2D eigenvalue weighted by atomic mass is 9.91. The number of aromatic nitrogens is 4. The van der Waals surface area contributed by atoms with E-state index < -0.39 is 5.69 Å². The van der Waals surface area contributed by atoms with E-state index >= 15 is 4.39 Å². The van der Waals surface area contributed by atoms with Gasteiger partial charge in [-0.15, -0.1) is 9.24 Å². The molecule has 1 unspecified atom stereocenters. The average Bonchev–Trinajstić information content (AvgIpc) is 3.01. The molecule has 45 heavy (non-hydrogen) atoms. The summed E-state index contributed by atoms with van der Waals surface area (Å²) in [7, 11) is 2.55. The van der Waals surface area contributed by atoms with Gasteiger partial charge >= 0.3 is 5.69 Å². The van der Waals surface area contributed by atoms with E-state index in [0.29, 0.717) is 47.7 Å². The standard InChI is InChI=1S/C34H38FN6O3P/c1-8-24(42)39-11-12-40(20(7)14-39)33-22-13-19(6)25-26-21(9-10-23(35)32(26)45)15-44-31(25)29(22)41(34(43)38-33)30-27(17(2)3)36-16-37-28(30)18(4)5/h8-10,13,16-18,20H,1,11-12,14-15,45H2,2-7H3/t20-/m0/s1. The third kappa shape index (κ3) is 4.99. The lowest BCUT2D eigenvalue weighted by molar-refractivity contribution is -0.126. The monoisotopic (exact) mass is 628 g/mol. The molecule has 1 saturated heterocycles. The van der Waals surface area contributed by atoms with E-state index in [0.717, 1.165) is 39.0 Å². The van der Waals surface area contributed by atoms with E-state index in [1.165, 1.54) is 12.1 Å². The van der Waals surface area contributed by atoms with Crippen LogP contribution in [-0.2, 0) is 11.4 Å². The number of rotatable bonds is 5. The number of halogens is 1. The van der Waals surface area contributed by atoms with Crippen LogP contribution < -0.4 is 20.6 Å². The molecule has 0 radical (unpaired) electrons. The lowest BCUT2D eigenvalue weighted by Crippen LogP contribution is -2.54. The zero-order chi connectivity index (χ0) is 32.3. The maximum atomic E-state index is 15.0. The largest absolute Gasteiger partial charge is 0.486 e. The van der Waals surface area contributed by atoms with E-state index in [1.54, 1.807) is 21.9 Å². The van der Waals surface area contributed by atoms with Crippen LogP contribution in [0.25, 0.3) is 27.7 Å². The Morgan fingerprint density at radius 2 is 1.82 bits per heavy atom. The van der Waals surface area contributed by atoms with Crippen LogP contribution >= 0.6 is 9.24 Å². The van der Waals surface area contributed by atoms with Crippen molar-refractivity contribution in [2.45, 2.75) is 66.0 Å². The third-order valence-corrected chi connectivity index (χ3v) is 9.36. The number of fused-ring (bicyclic) bond motifs is 5. The fourth-order valence-corrected chi connectivity index (χ4v) is 7.06. The maximum absolute atomic E-state index is 15.0. The van der Waals surface area contributed by atoms with Crippen molar-refractivity contribution in [2.75, 3.05) is 24.5 Å². The molecule has 234 valence electrons. The SMILES string of the molecule is C=CC(=O)N1CCN(c2nc(=O)n(-c3c(C(C)C)ncnc3C(C)C)c3c4c(c(C)cc23)-c2c(ccc(F)c2P)CO4)[C@@H](C)C1. The first kappa shape index (κ1) is 30.8. The molecule has 1 fully saturated rings. The molecule has 4 heterocycles. The molecule has 11 heteroatoms. The van der Waals surface area contributed by atoms with Crippen LogP contribution in [-0.4, -0.2) is 56.0 Å². The van der Waals surface area contributed by atoms with E-state index in [1.807, 2.05) is 47.6 Å². The zero-order valence-corrected chi connectivity index (χ0v) is 27.7. The fourth-order valence-electron chi connectivity index (χ4n) is 6.63. The summed E-state index contributed by atoms with van der Waals surface area (Å²) in [6, 6.07) is 5.09. The molecule has 0 aliphatic carbocycles. The normalized spacial score (nSPS) is 16.2. The Labute approximate surface area is 264 Å². The molecule has 0 N–H and O–H groups in total. The van der Waals surface area contributed by atoms with Gasteiger partial charge in [-0.2, -0.15) is 4.98 Å². The zero-order valence-electron chi connectivity index (χ0n) is 26.5. The predicted molar refractivity (Wildman–Crippen MR) is 178 cm³/mol. The summed E-state index contributed by atoms with van der Waals surface area (Å²) in [4.78, 5) is 44.8. The van der Waals surface area contributed by atoms with Gasteiger partial charge in [-0.25, -0.2) is 19.2 Å². The number of benzene rings is 2. The van der Waals surface area contributed by atoms with E-state index in [4.69, 9.17) is 9.72 Å². The number of anilines is 1. The van der Waals surface area contributed by atoms with Crippen molar-refractivity contribution in [3.63, 3.8) is 0 Å². The van der Waals surface area contributed by atoms with Crippen LogP contribution in [0.5, 0.6) is 5.75 Å². The van der Waals surface area contributed by atoms with Gasteiger partial charge in [0.1, 0.15) is 30.1 Å². The number of carbonyl (C=O) groups excluding carboxylic acids is 1. The summed E-state index contributed by atoms with van der Waals surface area (Å²) < 4.78 is 23.2. The molecule has 2 aromatic heterocycles. The summed E-state index contributed by atoms with van der Waals surface area (Å²) in [5.41, 5.74) is 5.31. The summed E-state index contributed by atoms with van der Waals surface area (Å²) >= 11 is 0. The Kier molecular flexibility index (Phi) is 7.98. The number of carbonyl (C=O) groups is 1. The maximum Gasteiger partial charge on any atom is 0.354 e. The van der Waals surface area contributed by atoms with Gasteiger partial charge in [0.15, 0.2) is 5.75 Å². The summed E-state index contributed by atoms with van der Waals surface area (Å²) in [5, 5.41) is 1.17. The van der Waals surface area contributed by atoms with Crippen LogP contribution in [0, 0.1) is 12.7 Å². The summed E-state index contributed by atoms with van der Waals surface area (Å²) in [6.45, 7) is 17.4. The Hall–Kier alpha value is -4.17. The molecule has 6 rings (SSSR count). The molecule has 2 aliphatic heterocycles. The molecule has 0 bridgehead atoms. The van der Waals surface area contributed by atoms with Crippen LogP contribution in [0.2, 0.25) is 0 Å². The minimum Gasteiger partial charge on any atom is -0.486 e. The second-order valence-corrected chi connectivity index (χ2v) is 13.0. The van der Waals surface area contributed by atoms with Gasteiger partial charge in [0.25, 0.3) is 0 Å². The van der Waals surface area contributed by atoms with E-state index in [2.05, 4.69) is 30.7 Å². The molecule has 1 amide bonds. The Bertz CT molecular complexity index is 1910. The van der Waals surface area contributed by atoms with Gasteiger partial charge in [-0.05, 0) is 55.0 Å². The van der Waals surface area contributed by atoms with Crippen molar-refractivity contribution in [1.82, 2.24) is 24.4 Å². The fraction of sp³-hybridized carbons (Fsp3) is 0.382. The lowest BCUT2D eigenvalue weighted by Gasteiger charge is -2.41. The second kappa shape index (κ2) is 11.6. The molecule has 0 saturated carbocycles. The molecule has 2 atom stereocenters. The van der Waals surface area contributed by atoms with Gasteiger partial charge in [0, 0.05) is 47.5 Å². The van der Waals surface area contributed by atoms with Crippen LogP contribution in [0.15, 0.2) is 42.0 Å². The van der Waals surface area contributed by atoms with Crippen LogP contribution in [0.1, 0.15) is 69.0 Å². The number of ether oxygens (including phenoxy) is 1. The van der Waals surface area contributed by atoms with Gasteiger partial charge in [0.05, 0.1) is 17.1 Å². The molecule has 4 aromatic rings. The minimum absolute atomic E-state index is 0.0201. The Morgan fingerprint density at radius 1 is 1.13 bits per heavy atom. The highest BCUT2D eigenvalue weighted by Crippen LogP contribution is 2.47. The molecule has 2 aromatic carbocycles. The van der Waals surface area contributed by atoms with Crippen LogP contribution in [0.3, 0.4) is 0 Å². The van der Waals surface area contributed by atoms with Crippen molar-refractivity contribution in [3.8, 4) is 22.6 Å². The Balaban J connectivity index is 1.73. The molecule has 0 spiro atoms. The van der Waals surface area contributed by atoms with E-state index in [-0.39, 0.29) is 36.2 Å². The minimum atomic E-state index is -0.487. The van der Waals surface area contributed by atoms with Crippen molar-refractivity contribution in [3.05, 3.63) is 76.0 Å². The first-order valence-electron chi connectivity index (χ1n) is 15.3. The first-order chi connectivity index (χ1) is 21.4. The number of hydrogen-bond acceptors (Lipinski definition) is 7. The van der Waals surface area contributed by atoms with Crippen molar-refractivity contribution >= 4 is 37.2 Å². The number of nitrogens with zero attached hydrogens (tertiary/aromatic N) is 6. The number of aryl methyl sites for hydroxylation is 1. The summed E-state index contributed by atoms with van der Waals surface area (Å²) in [6.07, 6.45) is 2.87. The second-order valence-electron chi connectivity index (χ2n) is 12.5. The van der Waals surface area contributed by atoms with Crippen molar-refractivity contribution in [2.24, 2.45) is 0 Å². The molecule has 2 aliphatic rings. The highest BCUT2D eigenvalue weighted by molar-refractivity contribution is 7.28. The van der Waals surface area contributed by atoms with Crippen molar-refractivity contribution in [1.29, 1.82) is 0 Å². The quantitative estimate of drug-likeness (QED) is 0.223. The topological polar surface area (TPSA) is 93.5 Å². The molecular weight excluding hydrogens is 590 g/mol. The number of hydrogen-bond donors (Lipinski definition) is 0. The molecular formula is C34H38FN6O3P. The Morgan fingerprint density at radius 3 is 2.44 bits per heavy atom. The van der Waals surface area contributed by atoms with Gasteiger partial charge in [-0.3, -0.25) is 9.36 Å². The predicted octanol–water partition coefficient (Wildman–Crippen LogP) is 5.15. The van der Waals surface area contributed by atoms with Gasteiger partial charge in [-0.1, -0.05) is 40.3 Å². The highest BCUT2D eigenvalue weighted by Gasteiger charge is 2.34. The summed E-state index contributed by atoms with van der Waals surface area (Å²) in [5.74, 6) is 0.513. The van der Waals surface area contributed by atoms with E-state index in [9.17, 15) is 9.59 Å². The smallest absolute Gasteiger partial charge is 0.354 e. The number of amides is 1. The number of piperazine rings is 1. The average molecular weight is 629 g/mol. The highest BCUT2D eigenvalue weighted by atomic mass is 31.0.